The third kappa shape index (κ3) is 3.15. The number of benzene rings is 1. The van der Waals surface area contributed by atoms with Gasteiger partial charge in [-0.15, -0.1) is 0 Å². The van der Waals surface area contributed by atoms with E-state index in [2.05, 4.69) is 4.98 Å². The van der Waals surface area contributed by atoms with Crippen molar-refractivity contribution < 1.29 is 9.47 Å². The van der Waals surface area contributed by atoms with Crippen LogP contribution in [0.2, 0.25) is 0 Å². The van der Waals surface area contributed by atoms with Crippen LogP contribution in [0.3, 0.4) is 0 Å². The Labute approximate surface area is 121 Å². The molecule has 0 aliphatic heterocycles. The molecule has 0 aliphatic rings. The summed E-state index contributed by atoms with van der Waals surface area (Å²) in [5.41, 5.74) is 1.40. The van der Waals surface area contributed by atoms with Gasteiger partial charge < -0.3 is 14.0 Å². The zero-order valence-corrected chi connectivity index (χ0v) is 12.2. The largest absolute Gasteiger partial charge is 0.497 e. The van der Waals surface area contributed by atoms with Crippen LogP contribution in [0.25, 0.3) is 11.3 Å². The van der Waals surface area contributed by atoms with E-state index in [1.165, 1.54) is 6.07 Å². The lowest BCUT2D eigenvalue weighted by atomic mass is 10.1. The SMILES string of the molecule is COCCn1c(-c2cccc(OC)c2)cc(=O)[nH]c1=S. The van der Waals surface area contributed by atoms with E-state index in [0.717, 1.165) is 17.0 Å². The second kappa shape index (κ2) is 6.49. The number of methoxy groups -OCH3 is 2. The Bertz CT molecular complexity index is 706. The van der Waals surface area contributed by atoms with Gasteiger partial charge >= 0.3 is 0 Å². The molecule has 0 aliphatic carbocycles. The molecule has 0 amide bonds. The van der Waals surface area contributed by atoms with Crippen LogP contribution in [0.5, 0.6) is 5.75 Å². The highest BCUT2D eigenvalue weighted by Crippen LogP contribution is 2.22. The van der Waals surface area contributed by atoms with Crippen LogP contribution >= 0.6 is 12.2 Å². The van der Waals surface area contributed by atoms with Crippen molar-refractivity contribution in [2.24, 2.45) is 0 Å². The van der Waals surface area contributed by atoms with Gasteiger partial charge in [0.25, 0.3) is 5.56 Å². The van der Waals surface area contributed by atoms with Crippen molar-refractivity contribution in [1.82, 2.24) is 9.55 Å². The standard InChI is InChI=1S/C14H16N2O3S/c1-18-7-6-16-12(9-13(17)15-14(16)20)10-4-3-5-11(8-10)19-2/h3-5,8-9H,6-7H2,1-2H3,(H,15,17,20). The van der Waals surface area contributed by atoms with Crippen LogP contribution in [0, 0.1) is 4.77 Å². The number of rotatable bonds is 5. The summed E-state index contributed by atoms with van der Waals surface area (Å²) in [7, 11) is 3.23. The van der Waals surface area contributed by atoms with Crippen LogP contribution in [-0.4, -0.2) is 30.4 Å². The maximum absolute atomic E-state index is 11.7. The Balaban J connectivity index is 2.58. The van der Waals surface area contributed by atoms with Crippen molar-refractivity contribution in [1.29, 1.82) is 0 Å². The van der Waals surface area contributed by atoms with Crippen LogP contribution in [0.1, 0.15) is 0 Å². The summed E-state index contributed by atoms with van der Waals surface area (Å²) in [5, 5.41) is 0. The van der Waals surface area contributed by atoms with Crippen LogP contribution in [0.4, 0.5) is 0 Å². The average molecular weight is 292 g/mol. The Hall–Kier alpha value is -1.92. The topological polar surface area (TPSA) is 56.2 Å². The normalized spacial score (nSPS) is 10.5. The average Bonchev–Trinajstić information content (AvgIpc) is 2.45. The van der Waals surface area contributed by atoms with Crippen LogP contribution in [-0.2, 0) is 11.3 Å². The molecule has 0 unspecified atom stereocenters. The molecule has 0 spiro atoms. The smallest absolute Gasteiger partial charge is 0.252 e. The molecule has 0 saturated heterocycles. The molecule has 1 N–H and O–H groups in total. The molecule has 5 nitrogen and oxygen atoms in total. The molecule has 20 heavy (non-hydrogen) atoms. The quantitative estimate of drug-likeness (QED) is 0.859. The predicted molar refractivity (Wildman–Crippen MR) is 79.8 cm³/mol. The molecular weight excluding hydrogens is 276 g/mol. The highest BCUT2D eigenvalue weighted by molar-refractivity contribution is 7.71. The lowest BCUT2D eigenvalue weighted by Crippen LogP contribution is -2.16. The van der Waals surface area contributed by atoms with E-state index in [4.69, 9.17) is 21.7 Å². The van der Waals surface area contributed by atoms with Crippen LogP contribution < -0.4 is 10.3 Å². The molecular formula is C14H16N2O3S. The van der Waals surface area contributed by atoms with Crippen molar-refractivity contribution in [3.05, 3.63) is 45.5 Å². The third-order valence-corrected chi connectivity index (χ3v) is 3.24. The first kappa shape index (κ1) is 14.5. The molecule has 6 heteroatoms. The zero-order chi connectivity index (χ0) is 14.5. The molecule has 2 rings (SSSR count). The molecule has 106 valence electrons. The van der Waals surface area contributed by atoms with E-state index in [-0.39, 0.29) is 5.56 Å². The van der Waals surface area contributed by atoms with E-state index < -0.39 is 0 Å². The second-order valence-electron chi connectivity index (χ2n) is 4.20. The minimum Gasteiger partial charge on any atom is -0.497 e. The van der Waals surface area contributed by atoms with Crippen molar-refractivity contribution in [3.8, 4) is 17.0 Å². The van der Waals surface area contributed by atoms with Gasteiger partial charge in [-0.2, -0.15) is 0 Å². The fourth-order valence-corrected chi connectivity index (χ4v) is 2.24. The predicted octanol–water partition coefficient (Wildman–Crippen LogP) is 2.23. The number of aromatic nitrogens is 2. The lowest BCUT2D eigenvalue weighted by Gasteiger charge is -2.13. The molecule has 0 bridgehead atoms. The summed E-state index contributed by atoms with van der Waals surface area (Å²) in [5.74, 6) is 0.729. The van der Waals surface area contributed by atoms with Crippen molar-refractivity contribution >= 4 is 12.2 Å². The molecule has 1 aromatic heterocycles. The van der Waals surface area contributed by atoms with Gasteiger partial charge in [-0.25, -0.2) is 0 Å². The first-order valence-electron chi connectivity index (χ1n) is 6.13. The van der Waals surface area contributed by atoms with Gasteiger partial charge in [0.1, 0.15) is 5.75 Å². The van der Waals surface area contributed by atoms with Gasteiger partial charge in [0.15, 0.2) is 4.77 Å². The Morgan fingerprint density at radius 3 is 2.80 bits per heavy atom. The third-order valence-electron chi connectivity index (χ3n) is 2.92. The highest BCUT2D eigenvalue weighted by Gasteiger charge is 2.07. The number of aromatic amines is 1. The number of hydrogen-bond acceptors (Lipinski definition) is 4. The molecule has 0 fully saturated rings. The number of nitrogens with one attached hydrogen (secondary N) is 1. The van der Waals surface area contributed by atoms with Gasteiger partial charge in [-0.1, -0.05) is 12.1 Å². The van der Waals surface area contributed by atoms with Crippen molar-refractivity contribution in [3.63, 3.8) is 0 Å². The number of hydrogen-bond donors (Lipinski definition) is 1. The van der Waals surface area contributed by atoms with E-state index in [9.17, 15) is 4.79 Å². The fraction of sp³-hybridized carbons (Fsp3) is 0.286. The Morgan fingerprint density at radius 1 is 1.30 bits per heavy atom. The summed E-state index contributed by atoms with van der Waals surface area (Å²) < 4.78 is 12.5. The number of nitrogens with zero attached hydrogens (tertiary/aromatic N) is 1. The maximum atomic E-state index is 11.7. The van der Waals surface area contributed by atoms with Gasteiger partial charge in [0.05, 0.1) is 19.4 Å². The lowest BCUT2D eigenvalue weighted by molar-refractivity contribution is 0.186. The van der Waals surface area contributed by atoms with Crippen molar-refractivity contribution in [2.45, 2.75) is 6.54 Å². The Kier molecular flexibility index (Phi) is 4.70. The van der Waals surface area contributed by atoms with E-state index >= 15 is 0 Å². The van der Waals surface area contributed by atoms with E-state index in [0.29, 0.717) is 17.9 Å². The molecule has 1 heterocycles. The monoisotopic (exact) mass is 292 g/mol. The van der Waals surface area contributed by atoms with Gasteiger partial charge in [-0.05, 0) is 24.4 Å². The van der Waals surface area contributed by atoms with Gasteiger partial charge in [0, 0.05) is 25.3 Å². The molecule has 0 atom stereocenters. The fourth-order valence-electron chi connectivity index (χ4n) is 1.95. The Morgan fingerprint density at radius 2 is 2.10 bits per heavy atom. The second-order valence-corrected chi connectivity index (χ2v) is 4.59. The highest BCUT2D eigenvalue weighted by atomic mass is 32.1. The first-order chi connectivity index (χ1) is 9.65. The summed E-state index contributed by atoms with van der Waals surface area (Å²) in [6, 6.07) is 9.03. The summed E-state index contributed by atoms with van der Waals surface area (Å²) in [6.07, 6.45) is 0. The molecule has 2 aromatic rings. The number of H-pyrrole nitrogens is 1. The summed E-state index contributed by atoms with van der Waals surface area (Å²) in [6.45, 7) is 1.08. The maximum Gasteiger partial charge on any atom is 0.252 e. The van der Waals surface area contributed by atoms with Crippen molar-refractivity contribution in [2.75, 3.05) is 20.8 Å². The zero-order valence-electron chi connectivity index (χ0n) is 11.4. The first-order valence-corrected chi connectivity index (χ1v) is 6.54. The van der Waals surface area contributed by atoms with E-state index in [1.54, 1.807) is 14.2 Å². The summed E-state index contributed by atoms with van der Waals surface area (Å²) >= 11 is 5.22. The molecule has 0 radical (unpaired) electrons. The number of ether oxygens (including phenoxy) is 2. The minimum absolute atomic E-state index is 0.221. The van der Waals surface area contributed by atoms with Crippen LogP contribution in [0.15, 0.2) is 35.1 Å². The van der Waals surface area contributed by atoms with Gasteiger partial charge in [0.2, 0.25) is 0 Å². The molecule has 0 saturated carbocycles. The van der Waals surface area contributed by atoms with E-state index in [1.807, 2.05) is 28.8 Å². The van der Waals surface area contributed by atoms with Gasteiger partial charge in [-0.3, -0.25) is 9.78 Å². The minimum atomic E-state index is -0.221. The summed E-state index contributed by atoms with van der Waals surface area (Å²) in [4.78, 5) is 14.3. The molecule has 1 aromatic carbocycles.